The average Bonchev–Trinajstić information content (AvgIpc) is 3.48. The molecule has 0 aromatic heterocycles. The van der Waals surface area contributed by atoms with Crippen molar-refractivity contribution in [3.05, 3.63) is 118 Å². The Morgan fingerprint density at radius 3 is 1.90 bits per heavy atom. The molecule has 1 aliphatic heterocycles. The molecule has 2 fully saturated rings. The van der Waals surface area contributed by atoms with Gasteiger partial charge in [0.15, 0.2) is 0 Å². The number of nitrogens with zero attached hydrogens (tertiary/aromatic N) is 1. The van der Waals surface area contributed by atoms with Crippen LogP contribution in [0.2, 0.25) is 5.02 Å². The molecule has 2 unspecified atom stereocenters. The third-order valence-corrected chi connectivity index (χ3v) is 7.77. The predicted octanol–water partition coefficient (Wildman–Crippen LogP) is 6.52. The Morgan fingerprint density at radius 1 is 0.897 bits per heavy atom. The summed E-state index contributed by atoms with van der Waals surface area (Å²) in [7, 11) is 0. The van der Waals surface area contributed by atoms with E-state index in [1.807, 2.05) is 36.4 Å². The maximum absolute atomic E-state index is 13.4. The lowest BCUT2D eigenvalue weighted by atomic mass is 9.87. The van der Waals surface area contributed by atoms with Crippen LogP contribution in [-0.4, -0.2) is 46.7 Å². The maximum Gasteiger partial charge on any atom is 0.328 e. The molecule has 0 radical (unpaired) electrons. The summed E-state index contributed by atoms with van der Waals surface area (Å²) in [4.78, 5) is 21.7. The highest BCUT2D eigenvalue weighted by Crippen LogP contribution is 2.59. The number of carboxylic acid groups (broad SMARTS) is 2. The fraction of sp³-hybridized carbons (Fsp3) is 0.290. The van der Waals surface area contributed by atoms with Gasteiger partial charge < -0.3 is 15.1 Å². The van der Waals surface area contributed by atoms with E-state index >= 15 is 0 Å². The first-order chi connectivity index (χ1) is 18.7. The molecule has 0 amide bonds. The molecule has 39 heavy (non-hydrogen) atoms. The molecule has 1 saturated carbocycles. The van der Waals surface area contributed by atoms with E-state index in [1.165, 1.54) is 36.2 Å². The van der Waals surface area contributed by atoms with E-state index in [4.69, 9.17) is 21.8 Å². The van der Waals surface area contributed by atoms with Crippen LogP contribution in [0.25, 0.3) is 0 Å². The van der Waals surface area contributed by atoms with E-state index in [1.54, 1.807) is 0 Å². The Labute approximate surface area is 231 Å². The Bertz CT molecular complexity index is 1250. The summed E-state index contributed by atoms with van der Waals surface area (Å²) in [5.74, 6) is -2.09. The average molecular weight is 554 g/mol. The highest BCUT2D eigenvalue weighted by atomic mass is 35.5. The zero-order chi connectivity index (χ0) is 28.0. The fourth-order valence-electron chi connectivity index (χ4n) is 5.56. The number of likely N-dealkylation sites (tertiary alicyclic amines) is 1. The molecule has 8 heteroatoms. The summed E-state index contributed by atoms with van der Waals surface area (Å²) in [6, 6.07) is 21.8. The van der Waals surface area contributed by atoms with Crippen molar-refractivity contribution in [2.45, 2.75) is 30.6 Å². The first-order valence-electron chi connectivity index (χ1n) is 12.8. The van der Waals surface area contributed by atoms with E-state index in [0.29, 0.717) is 17.6 Å². The van der Waals surface area contributed by atoms with Gasteiger partial charge in [-0.15, -0.1) is 0 Å². The zero-order valence-electron chi connectivity index (χ0n) is 21.3. The van der Waals surface area contributed by atoms with Crippen molar-refractivity contribution in [1.82, 2.24) is 4.90 Å². The van der Waals surface area contributed by atoms with Crippen molar-refractivity contribution in [2.24, 2.45) is 5.92 Å². The van der Waals surface area contributed by atoms with Crippen LogP contribution < -0.4 is 0 Å². The minimum absolute atomic E-state index is 0.142. The lowest BCUT2D eigenvalue weighted by Gasteiger charge is -2.23. The van der Waals surface area contributed by atoms with Gasteiger partial charge in [0.05, 0.1) is 0 Å². The highest BCUT2D eigenvalue weighted by Gasteiger charge is 2.60. The summed E-state index contributed by atoms with van der Waals surface area (Å²) < 4.78 is 26.9. The van der Waals surface area contributed by atoms with Crippen molar-refractivity contribution in [2.75, 3.05) is 19.6 Å². The molecule has 5 rings (SSSR count). The maximum atomic E-state index is 13.4. The number of rotatable bonds is 9. The molecule has 1 heterocycles. The molecule has 1 aliphatic carbocycles. The SMILES string of the molecule is Fc1ccc(C(CCCN2CC3CC3(c3ccc(Cl)cc3)C2)c2ccc(F)cc2)cc1.O=C(O)C=CC(=O)O. The van der Waals surface area contributed by atoms with Crippen LogP contribution in [-0.2, 0) is 15.0 Å². The molecule has 2 N–H and O–H groups in total. The number of hydrogen-bond acceptors (Lipinski definition) is 3. The topological polar surface area (TPSA) is 77.8 Å². The lowest BCUT2D eigenvalue weighted by molar-refractivity contribution is -0.134. The van der Waals surface area contributed by atoms with E-state index in [-0.39, 0.29) is 17.6 Å². The van der Waals surface area contributed by atoms with Gasteiger partial charge in [0.1, 0.15) is 11.6 Å². The molecule has 0 bridgehead atoms. The second-order valence-corrected chi connectivity index (χ2v) is 10.5. The summed E-state index contributed by atoms with van der Waals surface area (Å²) in [5.41, 5.74) is 3.89. The van der Waals surface area contributed by atoms with Crippen LogP contribution in [0.1, 0.15) is 41.9 Å². The highest BCUT2D eigenvalue weighted by molar-refractivity contribution is 6.30. The van der Waals surface area contributed by atoms with Crippen LogP contribution >= 0.6 is 11.6 Å². The molecule has 2 aliphatic rings. The van der Waals surface area contributed by atoms with Crippen molar-refractivity contribution >= 4 is 23.5 Å². The molecule has 2 atom stereocenters. The van der Waals surface area contributed by atoms with Crippen LogP contribution in [0.15, 0.2) is 84.9 Å². The number of benzene rings is 3. The summed E-state index contributed by atoms with van der Waals surface area (Å²) in [6.45, 7) is 3.31. The Balaban J connectivity index is 0.000000386. The number of aliphatic carboxylic acids is 2. The number of carbonyl (C=O) groups is 2. The summed E-state index contributed by atoms with van der Waals surface area (Å²) >= 11 is 6.07. The first kappa shape index (κ1) is 28.5. The van der Waals surface area contributed by atoms with E-state index < -0.39 is 11.9 Å². The third kappa shape index (κ3) is 7.52. The number of carboxylic acids is 2. The van der Waals surface area contributed by atoms with Gasteiger partial charge in [-0.25, -0.2) is 18.4 Å². The third-order valence-electron chi connectivity index (χ3n) is 7.52. The normalized spacial score (nSPS) is 19.9. The van der Waals surface area contributed by atoms with E-state index in [9.17, 15) is 18.4 Å². The van der Waals surface area contributed by atoms with Gasteiger partial charge in [0.2, 0.25) is 0 Å². The minimum atomic E-state index is -1.26. The van der Waals surface area contributed by atoms with Crippen LogP contribution in [0.5, 0.6) is 0 Å². The molecule has 3 aromatic carbocycles. The van der Waals surface area contributed by atoms with Crippen molar-refractivity contribution < 1.29 is 28.6 Å². The molecule has 0 spiro atoms. The van der Waals surface area contributed by atoms with Gasteiger partial charge in [-0.05, 0) is 84.8 Å². The number of halogens is 3. The Morgan fingerprint density at radius 2 is 1.41 bits per heavy atom. The summed E-state index contributed by atoms with van der Waals surface area (Å²) in [5, 5.41) is 16.4. The fourth-order valence-corrected chi connectivity index (χ4v) is 5.69. The minimum Gasteiger partial charge on any atom is -0.478 e. The van der Waals surface area contributed by atoms with Crippen LogP contribution in [0.3, 0.4) is 0 Å². The Kier molecular flexibility index (Phi) is 9.15. The van der Waals surface area contributed by atoms with Gasteiger partial charge in [-0.2, -0.15) is 0 Å². The summed E-state index contributed by atoms with van der Waals surface area (Å²) in [6.07, 6.45) is 4.39. The largest absolute Gasteiger partial charge is 0.478 e. The van der Waals surface area contributed by atoms with Crippen molar-refractivity contribution in [1.29, 1.82) is 0 Å². The second-order valence-electron chi connectivity index (χ2n) is 10.1. The van der Waals surface area contributed by atoms with Gasteiger partial charge >= 0.3 is 11.9 Å². The standard InChI is InChI=1S/C27H26ClF2N.C4H4O4/c28-23-9-7-21(8-10-23)27-16-22(27)17-31(18-27)15-1-2-26(19-3-11-24(29)12-4-19)20-5-13-25(30)14-6-20;5-3(6)1-2-4(7)8/h3-14,22,26H,1-2,15-18H2;1-2H,(H,5,6)(H,7,8). The molecular weight excluding hydrogens is 524 g/mol. The van der Waals surface area contributed by atoms with E-state index in [2.05, 4.69) is 17.0 Å². The zero-order valence-corrected chi connectivity index (χ0v) is 22.0. The van der Waals surface area contributed by atoms with Gasteiger partial charge in [-0.1, -0.05) is 48.0 Å². The van der Waals surface area contributed by atoms with Crippen molar-refractivity contribution in [3.63, 3.8) is 0 Å². The number of piperidine rings is 1. The van der Waals surface area contributed by atoms with Gasteiger partial charge in [0, 0.05) is 41.6 Å². The van der Waals surface area contributed by atoms with Gasteiger partial charge in [0.25, 0.3) is 0 Å². The molecule has 1 saturated heterocycles. The molecule has 3 aromatic rings. The molecule has 204 valence electrons. The predicted molar refractivity (Wildman–Crippen MR) is 146 cm³/mol. The van der Waals surface area contributed by atoms with Crippen LogP contribution in [0, 0.1) is 17.6 Å². The quantitative estimate of drug-likeness (QED) is 0.295. The van der Waals surface area contributed by atoms with E-state index in [0.717, 1.165) is 54.5 Å². The van der Waals surface area contributed by atoms with Crippen molar-refractivity contribution in [3.8, 4) is 0 Å². The van der Waals surface area contributed by atoms with Crippen LogP contribution in [0.4, 0.5) is 8.78 Å². The molecule has 5 nitrogen and oxygen atoms in total. The Hall–Kier alpha value is -3.55. The molecular formula is C31H30ClF2NO4. The lowest BCUT2D eigenvalue weighted by Crippen LogP contribution is -2.27. The van der Waals surface area contributed by atoms with Gasteiger partial charge in [-0.3, -0.25) is 0 Å². The monoisotopic (exact) mass is 553 g/mol. The smallest absolute Gasteiger partial charge is 0.328 e. The second kappa shape index (κ2) is 12.5. The number of fused-ring (bicyclic) bond motifs is 1. The first-order valence-corrected chi connectivity index (χ1v) is 13.2. The number of hydrogen-bond donors (Lipinski definition) is 2.